The van der Waals surface area contributed by atoms with Gasteiger partial charge in [0.05, 0.1) is 5.69 Å². The van der Waals surface area contributed by atoms with Crippen molar-refractivity contribution in [2.75, 3.05) is 18.0 Å². The largest absolute Gasteiger partial charge is 0.345 e. The molecule has 1 heterocycles. The second-order valence-electron chi connectivity index (χ2n) is 5.87. The van der Waals surface area contributed by atoms with Gasteiger partial charge in [0, 0.05) is 24.0 Å². The Hall–Kier alpha value is -0.610. The molecule has 3 nitrogen and oxygen atoms in total. The van der Waals surface area contributed by atoms with Crippen molar-refractivity contribution in [3.8, 4) is 0 Å². The van der Waals surface area contributed by atoms with Crippen molar-refractivity contribution >= 4 is 16.5 Å². The molecule has 0 spiro atoms. The third-order valence-corrected chi connectivity index (χ3v) is 4.81. The highest BCUT2D eigenvalue weighted by atomic mass is 32.1. The van der Waals surface area contributed by atoms with Crippen LogP contribution in [0.2, 0.25) is 0 Å². The maximum Gasteiger partial charge on any atom is 0.186 e. The predicted octanol–water partition coefficient (Wildman–Crippen LogP) is 3.58. The Kier molecular flexibility index (Phi) is 5.22. The van der Waals surface area contributed by atoms with Gasteiger partial charge in [-0.3, -0.25) is 0 Å². The number of aryl methyl sites for hydroxylation is 1. The molecule has 19 heavy (non-hydrogen) atoms. The van der Waals surface area contributed by atoms with E-state index in [2.05, 4.69) is 37.9 Å². The second-order valence-corrected chi connectivity index (χ2v) is 6.93. The summed E-state index contributed by atoms with van der Waals surface area (Å²) in [4.78, 5) is 8.67. The average Bonchev–Trinajstić information content (AvgIpc) is 3.11. The highest BCUT2D eigenvalue weighted by Gasteiger charge is 2.27. The minimum Gasteiger partial charge on any atom is -0.345 e. The predicted molar refractivity (Wildman–Crippen MR) is 84.1 cm³/mol. The van der Waals surface area contributed by atoms with Gasteiger partial charge in [-0.25, -0.2) is 4.98 Å². The summed E-state index contributed by atoms with van der Waals surface area (Å²) in [5.41, 5.74) is 1.20. The fraction of sp³-hybridized carbons (Fsp3) is 0.800. The molecular weight excluding hydrogens is 254 g/mol. The number of hydrogen-bond donors (Lipinski definition) is 1. The van der Waals surface area contributed by atoms with E-state index in [9.17, 15) is 0 Å². The summed E-state index contributed by atoms with van der Waals surface area (Å²) < 4.78 is 0. The van der Waals surface area contributed by atoms with Crippen molar-refractivity contribution in [3.63, 3.8) is 0 Å². The third-order valence-electron chi connectivity index (χ3n) is 3.61. The van der Waals surface area contributed by atoms with Crippen LogP contribution < -0.4 is 10.2 Å². The molecule has 1 aliphatic carbocycles. The molecule has 108 valence electrons. The molecule has 1 aliphatic rings. The van der Waals surface area contributed by atoms with Crippen molar-refractivity contribution in [1.29, 1.82) is 0 Å². The van der Waals surface area contributed by atoms with Gasteiger partial charge in [-0.1, -0.05) is 6.92 Å². The lowest BCUT2D eigenvalue weighted by atomic mass is 10.3. The first-order chi connectivity index (χ1) is 9.11. The molecular formula is C15H27N3S. The number of hydrogen-bond acceptors (Lipinski definition) is 4. The van der Waals surface area contributed by atoms with E-state index in [0.717, 1.165) is 19.0 Å². The highest BCUT2D eigenvalue weighted by Crippen LogP contribution is 2.34. The molecule has 0 radical (unpaired) electrons. The van der Waals surface area contributed by atoms with Crippen molar-refractivity contribution in [2.45, 2.75) is 59.5 Å². The van der Waals surface area contributed by atoms with E-state index < -0.39 is 0 Å². The smallest absolute Gasteiger partial charge is 0.186 e. The Balaban J connectivity index is 2.02. The minimum atomic E-state index is 0.544. The van der Waals surface area contributed by atoms with E-state index in [1.807, 2.05) is 11.3 Å². The normalized spacial score (nSPS) is 15.2. The Morgan fingerprint density at radius 2 is 2.16 bits per heavy atom. The molecule has 0 atom stereocenters. The zero-order chi connectivity index (χ0) is 13.8. The van der Waals surface area contributed by atoms with Gasteiger partial charge in [0.1, 0.15) is 0 Å². The van der Waals surface area contributed by atoms with Crippen molar-refractivity contribution in [1.82, 2.24) is 10.3 Å². The molecule has 0 saturated heterocycles. The van der Waals surface area contributed by atoms with E-state index in [-0.39, 0.29) is 0 Å². The number of rotatable bonds is 8. The van der Waals surface area contributed by atoms with E-state index >= 15 is 0 Å². The summed E-state index contributed by atoms with van der Waals surface area (Å²) in [6, 6.07) is 0.544. The lowest BCUT2D eigenvalue weighted by Crippen LogP contribution is -2.32. The molecule has 1 saturated carbocycles. The third kappa shape index (κ3) is 4.18. The number of nitrogens with one attached hydrogen (secondary N) is 1. The summed E-state index contributed by atoms with van der Waals surface area (Å²) in [6.45, 7) is 12.1. The van der Waals surface area contributed by atoms with Gasteiger partial charge < -0.3 is 10.2 Å². The molecule has 0 amide bonds. The Morgan fingerprint density at radius 1 is 1.42 bits per heavy atom. The minimum absolute atomic E-state index is 0.544. The van der Waals surface area contributed by atoms with Crippen molar-refractivity contribution < 1.29 is 0 Å². The Bertz CT molecular complexity index is 396. The standard InChI is InChI=1S/C15H27N3S/c1-5-8-16-9-14-12(4)17-15(19-14)18(11(2)3)10-13-6-7-13/h11,13,16H,5-10H2,1-4H3. The lowest BCUT2D eigenvalue weighted by Gasteiger charge is -2.26. The van der Waals surface area contributed by atoms with Crippen molar-refractivity contribution in [2.24, 2.45) is 5.92 Å². The van der Waals surface area contributed by atoms with E-state index in [0.29, 0.717) is 6.04 Å². The van der Waals surface area contributed by atoms with Gasteiger partial charge in [0.15, 0.2) is 5.13 Å². The van der Waals surface area contributed by atoms with Gasteiger partial charge in [0.25, 0.3) is 0 Å². The topological polar surface area (TPSA) is 28.2 Å². The molecule has 4 heteroatoms. The van der Waals surface area contributed by atoms with Crippen LogP contribution in [0.5, 0.6) is 0 Å². The zero-order valence-electron chi connectivity index (χ0n) is 12.7. The van der Waals surface area contributed by atoms with Crippen LogP contribution in [0.3, 0.4) is 0 Å². The van der Waals surface area contributed by atoms with Crippen LogP contribution >= 0.6 is 11.3 Å². The van der Waals surface area contributed by atoms with Gasteiger partial charge in [-0.05, 0) is 52.5 Å². The fourth-order valence-corrected chi connectivity index (χ4v) is 3.34. The van der Waals surface area contributed by atoms with Gasteiger partial charge in [-0.15, -0.1) is 11.3 Å². The maximum atomic E-state index is 4.80. The first-order valence-electron chi connectivity index (χ1n) is 7.55. The summed E-state index contributed by atoms with van der Waals surface area (Å²) in [5.74, 6) is 0.910. The van der Waals surface area contributed by atoms with Crippen LogP contribution in [0.4, 0.5) is 5.13 Å². The number of thiazole rings is 1. The maximum absolute atomic E-state index is 4.80. The SMILES string of the molecule is CCCNCc1sc(N(CC2CC2)C(C)C)nc1C. The highest BCUT2D eigenvalue weighted by molar-refractivity contribution is 7.15. The van der Waals surface area contributed by atoms with Gasteiger partial charge in [-0.2, -0.15) is 0 Å². The fourth-order valence-electron chi connectivity index (χ4n) is 2.17. The van der Waals surface area contributed by atoms with Crippen LogP contribution in [0, 0.1) is 12.8 Å². The molecule has 0 aliphatic heterocycles. The molecule has 1 aromatic rings. The quantitative estimate of drug-likeness (QED) is 0.738. The molecule has 0 bridgehead atoms. The van der Waals surface area contributed by atoms with E-state index in [1.165, 1.54) is 41.5 Å². The first-order valence-corrected chi connectivity index (χ1v) is 8.37. The Morgan fingerprint density at radius 3 is 2.74 bits per heavy atom. The first kappa shape index (κ1) is 14.8. The van der Waals surface area contributed by atoms with Gasteiger partial charge >= 0.3 is 0 Å². The Labute approximate surface area is 121 Å². The zero-order valence-corrected chi connectivity index (χ0v) is 13.5. The van der Waals surface area contributed by atoms with Gasteiger partial charge in [0.2, 0.25) is 0 Å². The van der Waals surface area contributed by atoms with Crippen LogP contribution in [-0.2, 0) is 6.54 Å². The molecule has 0 aromatic carbocycles. The van der Waals surface area contributed by atoms with Crippen LogP contribution in [0.1, 0.15) is 50.6 Å². The second kappa shape index (κ2) is 6.71. The number of nitrogens with zero attached hydrogens (tertiary/aromatic N) is 2. The molecule has 1 aromatic heterocycles. The van der Waals surface area contributed by atoms with Crippen LogP contribution in [-0.4, -0.2) is 24.1 Å². The average molecular weight is 281 g/mol. The molecule has 0 unspecified atom stereocenters. The van der Waals surface area contributed by atoms with Crippen LogP contribution in [0.15, 0.2) is 0 Å². The van der Waals surface area contributed by atoms with Crippen molar-refractivity contribution in [3.05, 3.63) is 10.6 Å². The van der Waals surface area contributed by atoms with E-state index in [1.54, 1.807) is 0 Å². The number of anilines is 1. The van der Waals surface area contributed by atoms with E-state index in [4.69, 9.17) is 4.98 Å². The monoisotopic (exact) mass is 281 g/mol. The number of aromatic nitrogens is 1. The molecule has 1 N–H and O–H groups in total. The molecule has 1 fully saturated rings. The summed E-state index contributed by atoms with van der Waals surface area (Å²) in [6.07, 6.45) is 3.99. The molecule has 2 rings (SSSR count). The summed E-state index contributed by atoms with van der Waals surface area (Å²) in [5, 5.41) is 4.69. The summed E-state index contributed by atoms with van der Waals surface area (Å²) in [7, 11) is 0. The van der Waals surface area contributed by atoms with Crippen LogP contribution in [0.25, 0.3) is 0 Å². The summed E-state index contributed by atoms with van der Waals surface area (Å²) >= 11 is 1.87. The lowest BCUT2D eigenvalue weighted by molar-refractivity contribution is 0.642.